The van der Waals surface area contributed by atoms with Gasteiger partial charge in [0, 0.05) is 5.56 Å². The molecule has 1 aromatic carbocycles. The van der Waals surface area contributed by atoms with Gasteiger partial charge in [-0.2, -0.15) is 15.8 Å². The van der Waals surface area contributed by atoms with E-state index >= 15 is 0 Å². The molecule has 0 aliphatic carbocycles. The summed E-state index contributed by atoms with van der Waals surface area (Å²) in [4.78, 5) is 0. The maximum atomic E-state index is 10.3. The number of hydrogen-bond acceptors (Lipinski definition) is 7. The molecule has 4 atom stereocenters. The smallest absolute Gasteiger partial charge is 0.243 e. The van der Waals surface area contributed by atoms with Crippen LogP contribution in [-0.4, -0.2) is 19.1 Å². The van der Waals surface area contributed by atoms with Crippen molar-refractivity contribution in [2.75, 3.05) is 7.11 Å². The van der Waals surface area contributed by atoms with Gasteiger partial charge in [0.15, 0.2) is 10.8 Å². The number of fused-ring (bicyclic) bond motifs is 2. The van der Waals surface area contributed by atoms with Crippen molar-refractivity contribution in [1.29, 1.82) is 21.2 Å². The van der Waals surface area contributed by atoms with Gasteiger partial charge in [-0.3, -0.25) is 5.41 Å². The molecule has 2 aliphatic heterocycles. The van der Waals surface area contributed by atoms with Gasteiger partial charge in [-0.25, -0.2) is 0 Å². The van der Waals surface area contributed by atoms with Gasteiger partial charge >= 0.3 is 0 Å². The molecule has 0 radical (unpaired) electrons. The summed E-state index contributed by atoms with van der Waals surface area (Å²) in [6.45, 7) is 3.91. The fourth-order valence-corrected chi connectivity index (χ4v) is 5.35. The molecular weight excluding hydrogens is 416 g/mol. The normalized spacial score (nSPS) is 29.4. The molecule has 2 fully saturated rings. The van der Waals surface area contributed by atoms with Crippen molar-refractivity contribution in [1.82, 2.24) is 0 Å². The van der Waals surface area contributed by atoms with Gasteiger partial charge in [0.25, 0.3) is 0 Å². The summed E-state index contributed by atoms with van der Waals surface area (Å²) < 4.78 is 17.7. The molecule has 0 aromatic heterocycles. The minimum atomic E-state index is -1.83. The Balaban J connectivity index is 1.96. The van der Waals surface area contributed by atoms with Gasteiger partial charge in [0.05, 0.1) is 37.3 Å². The minimum Gasteiger partial charge on any atom is -0.497 e. The molecule has 3 rings (SSSR count). The van der Waals surface area contributed by atoms with E-state index in [0.717, 1.165) is 25.7 Å². The third-order valence-electron chi connectivity index (χ3n) is 7.35. The van der Waals surface area contributed by atoms with E-state index in [1.54, 1.807) is 38.3 Å². The van der Waals surface area contributed by atoms with Crippen LogP contribution in [0.4, 0.5) is 0 Å². The molecule has 174 valence electrons. The Bertz CT molecular complexity index is 973. The average Bonchev–Trinajstić information content (AvgIpc) is 3.00. The molecule has 0 spiro atoms. The summed E-state index contributed by atoms with van der Waals surface area (Å²) >= 11 is 0. The van der Waals surface area contributed by atoms with Crippen molar-refractivity contribution in [2.24, 2.45) is 16.7 Å². The monoisotopic (exact) mass is 448 g/mol. The highest BCUT2D eigenvalue weighted by molar-refractivity contribution is 5.89. The number of nitriles is 3. The summed E-state index contributed by atoms with van der Waals surface area (Å²) in [6, 6.07) is 13.5. The van der Waals surface area contributed by atoms with Crippen molar-refractivity contribution in [3.05, 3.63) is 29.8 Å². The second-order valence-electron chi connectivity index (χ2n) is 9.02. The number of unbranched alkanes of at least 4 members (excludes halogenated alkanes) is 6. The first-order valence-electron chi connectivity index (χ1n) is 11.8. The third-order valence-corrected chi connectivity index (χ3v) is 7.35. The molecule has 33 heavy (non-hydrogen) atoms. The molecule has 0 saturated carbocycles. The van der Waals surface area contributed by atoms with Crippen LogP contribution in [0.5, 0.6) is 5.75 Å². The molecule has 0 amide bonds. The maximum Gasteiger partial charge on any atom is 0.243 e. The number of methoxy groups -OCH3 is 1. The molecule has 4 unspecified atom stereocenters. The van der Waals surface area contributed by atoms with Crippen molar-refractivity contribution in [2.45, 2.75) is 77.1 Å². The molecule has 7 nitrogen and oxygen atoms in total. The van der Waals surface area contributed by atoms with Gasteiger partial charge in [0.2, 0.25) is 11.7 Å². The van der Waals surface area contributed by atoms with Gasteiger partial charge in [-0.1, -0.05) is 58.8 Å². The molecule has 7 heteroatoms. The molecule has 1 aromatic rings. The Kier molecular flexibility index (Phi) is 7.31. The number of hydrogen-bond donors (Lipinski definition) is 1. The van der Waals surface area contributed by atoms with Crippen LogP contribution in [0.3, 0.4) is 0 Å². The number of nitrogens with one attached hydrogen (secondary N) is 1. The predicted molar refractivity (Wildman–Crippen MR) is 122 cm³/mol. The van der Waals surface area contributed by atoms with Crippen molar-refractivity contribution in [3.8, 4) is 24.0 Å². The number of nitrogens with zero attached hydrogens (tertiary/aromatic N) is 3. The Hall–Kier alpha value is -3.08. The number of ether oxygens (including phenoxy) is 3. The van der Waals surface area contributed by atoms with Crippen LogP contribution < -0.4 is 4.74 Å². The lowest BCUT2D eigenvalue weighted by molar-refractivity contribution is -0.286. The summed E-state index contributed by atoms with van der Waals surface area (Å²) in [5, 5.41) is 39.4. The summed E-state index contributed by atoms with van der Waals surface area (Å²) in [5.74, 6) is -1.87. The Morgan fingerprint density at radius 3 is 2.12 bits per heavy atom. The second-order valence-corrected chi connectivity index (χ2v) is 9.02. The minimum absolute atomic E-state index is 0.376. The summed E-state index contributed by atoms with van der Waals surface area (Å²) in [7, 11) is 1.57. The van der Waals surface area contributed by atoms with E-state index in [9.17, 15) is 15.8 Å². The first-order valence-corrected chi connectivity index (χ1v) is 11.8. The number of benzene rings is 1. The van der Waals surface area contributed by atoms with Crippen molar-refractivity contribution in [3.63, 3.8) is 0 Å². The highest BCUT2D eigenvalue weighted by atomic mass is 16.7. The fourth-order valence-electron chi connectivity index (χ4n) is 5.35. The molecular formula is C26H32N4O3. The van der Waals surface area contributed by atoms with E-state index in [-0.39, 0.29) is 5.90 Å². The number of rotatable bonds is 10. The maximum absolute atomic E-state index is 10.3. The molecule has 2 aliphatic rings. The van der Waals surface area contributed by atoms with Crippen LogP contribution in [0.2, 0.25) is 0 Å². The van der Waals surface area contributed by atoms with Crippen molar-refractivity contribution >= 4 is 5.90 Å². The van der Waals surface area contributed by atoms with E-state index in [1.807, 2.05) is 0 Å². The van der Waals surface area contributed by atoms with Gasteiger partial charge in [0.1, 0.15) is 5.75 Å². The van der Waals surface area contributed by atoms with Crippen LogP contribution in [-0.2, 0) is 15.3 Å². The van der Waals surface area contributed by atoms with Crippen LogP contribution in [0.15, 0.2) is 24.3 Å². The zero-order valence-corrected chi connectivity index (χ0v) is 19.7. The quantitative estimate of drug-likeness (QED) is 0.466. The molecule has 2 saturated heterocycles. The molecule has 2 bridgehead atoms. The Morgan fingerprint density at radius 2 is 1.58 bits per heavy atom. The summed E-state index contributed by atoms with van der Waals surface area (Å²) in [5.41, 5.74) is -2.92. The van der Waals surface area contributed by atoms with E-state index in [4.69, 9.17) is 19.6 Å². The zero-order chi connectivity index (χ0) is 24.1. The largest absolute Gasteiger partial charge is 0.497 e. The van der Waals surface area contributed by atoms with E-state index in [0.29, 0.717) is 17.7 Å². The lowest BCUT2D eigenvalue weighted by atomic mass is 9.53. The standard InChI is InChI=1S/C26H32N4O3/c1-4-5-6-7-8-9-10-11-22-24(16-27,17-28)25(18-29)19(2)26(32-22,33-23(25)30)20-12-14-21(31-3)15-13-20/h12-15,19,22,30H,4-11H2,1-3H3. The Labute approximate surface area is 196 Å². The van der Waals surface area contributed by atoms with E-state index in [1.165, 1.54) is 19.3 Å². The molecule has 1 N–H and O–H groups in total. The molecule has 2 heterocycles. The topological polar surface area (TPSA) is 123 Å². The Morgan fingerprint density at radius 1 is 0.970 bits per heavy atom. The van der Waals surface area contributed by atoms with E-state index in [2.05, 4.69) is 25.1 Å². The van der Waals surface area contributed by atoms with Crippen LogP contribution >= 0.6 is 0 Å². The second kappa shape index (κ2) is 9.82. The highest BCUT2D eigenvalue weighted by Gasteiger charge is 2.79. The van der Waals surface area contributed by atoms with Crippen molar-refractivity contribution < 1.29 is 14.2 Å². The first kappa shape index (κ1) is 24.6. The van der Waals surface area contributed by atoms with Gasteiger partial charge in [-0.15, -0.1) is 0 Å². The van der Waals surface area contributed by atoms with E-state index < -0.39 is 28.6 Å². The van der Waals surface area contributed by atoms with Gasteiger partial charge in [-0.05, 0) is 30.7 Å². The van der Waals surface area contributed by atoms with Crippen LogP contribution in [0.1, 0.15) is 70.8 Å². The van der Waals surface area contributed by atoms with Crippen LogP contribution in [0, 0.1) is 56.2 Å². The third kappa shape index (κ3) is 3.64. The SMILES string of the molecule is CCCCCCCCCC1OC2(c3ccc(OC)cc3)OC(=N)C(C#N)(C2C)C1(C#N)C#N. The summed E-state index contributed by atoms with van der Waals surface area (Å²) in [6.07, 6.45) is 7.17. The van der Waals surface area contributed by atoms with Gasteiger partial charge < -0.3 is 14.2 Å². The average molecular weight is 449 g/mol. The highest BCUT2D eigenvalue weighted by Crippen LogP contribution is 2.66. The fraction of sp³-hybridized carbons (Fsp3) is 0.615. The first-order chi connectivity index (χ1) is 15.9. The zero-order valence-electron chi connectivity index (χ0n) is 19.7. The predicted octanol–water partition coefficient (Wildman–Crippen LogP) is 5.57. The van der Waals surface area contributed by atoms with Crippen LogP contribution in [0.25, 0.3) is 0 Å². The lowest BCUT2D eigenvalue weighted by Gasteiger charge is -2.48. The lowest BCUT2D eigenvalue weighted by Crippen LogP contribution is -2.60.